The summed E-state index contributed by atoms with van der Waals surface area (Å²) in [5.41, 5.74) is 7.12. The van der Waals surface area contributed by atoms with Gasteiger partial charge in [-0.1, -0.05) is 0 Å². The highest BCUT2D eigenvalue weighted by Gasteiger charge is 2.26. The third-order valence-electron chi connectivity index (χ3n) is 6.59. The predicted octanol–water partition coefficient (Wildman–Crippen LogP) is 4.37. The van der Waals surface area contributed by atoms with Gasteiger partial charge in [0.15, 0.2) is 5.82 Å². The molecule has 8 heteroatoms. The molecular formula is C26H27N7O. The Kier molecular flexibility index (Phi) is 4.94. The van der Waals surface area contributed by atoms with Crippen LogP contribution < -0.4 is 10.6 Å². The van der Waals surface area contributed by atoms with Crippen molar-refractivity contribution in [1.29, 1.82) is 0 Å². The van der Waals surface area contributed by atoms with E-state index in [4.69, 9.17) is 10.1 Å². The van der Waals surface area contributed by atoms with Gasteiger partial charge in [0.05, 0.1) is 12.0 Å². The van der Waals surface area contributed by atoms with Crippen LogP contribution in [0.1, 0.15) is 52.9 Å². The van der Waals surface area contributed by atoms with Crippen molar-refractivity contribution in [2.24, 2.45) is 0 Å². The second-order valence-electron chi connectivity index (χ2n) is 9.06. The summed E-state index contributed by atoms with van der Waals surface area (Å²) in [4.78, 5) is 21.4. The molecule has 34 heavy (non-hydrogen) atoms. The molecule has 2 aromatic heterocycles. The molecule has 1 saturated carbocycles. The molecule has 0 saturated heterocycles. The quantitative estimate of drug-likeness (QED) is 0.453. The van der Waals surface area contributed by atoms with Crippen LogP contribution in [0, 0.1) is 6.92 Å². The zero-order chi connectivity index (χ0) is 23.2. The minimum Gasteiger partial charge on any atom is -0.352 e. The van der Waals surface area contributed by atoms with E-state index < -0.39 is 0 Å². The van der Waals surface area contributed by atoms with Crippen molar-refractivity contribution in [2.75, 3.05) is 11.9 Å². The van der Waals surface area contributed by atoms with Crippen LogP contribution in [-0.2, 0) is 13.0 Å². The number of carbonyl (C=O) groups is 1. The van der Waals surface area contributed by atoms with Gasteiger partial charge in [-0.05, 0) is 80.6 Å². The fraction of sp³-hybridized carbons (Fsp3) is 0.308. The number of nitrogens with zero attached hydrogens (tertiary/aromatic N) is 5. The lowest BCUT2D eigenvalue weighted by Crippen LogP contribution is -2.31. The highest BCUT2D eigenvalue weighted by atomic mass is 16.1. The molecular weight excluding hydrogens is 426 g/mol. The standard InChI is InChI=1S/C26H27N7O/c1-3-33-26(29-20-7-8-21-18(13-20)10-11-27-25(21)34)30-24(31-33)19-6-9-23(16(2)12-19)32-14-22(28-15-32)17-4-5-17/h6-9,12-15,17H,3-5,10-11H2,1-2H3,(H,27,34)(H,29,30,31). The van der Waals surface area contributed by atoms with E-state index >= 15 is 0 Å². The van der Waals surface area contributed by atoms with Gasteiger partial charge in [-0.15, -0.1) is 5.10 Å². The van der Waals surface area contributed by atoms with Gasteiger partial charge >= 0.3 is 0 Å². The minimum absolute atomic E-state index is 0.00918. The van der Waals surface area contributed by atoms with Crippen LogP contribution in [0.25, 0.3) is 17.1 Å². The first kappa shape index (κ1) is 20.7. The van der Waals surface area contributed by atoms with E-state index in [0.717, 1.165) is 40.0 Å². The molecule has 4 aromatic rings. The summed E-state index contributed by atoms with van der Waals surface area (Å²) in [6.45, 7) is 5.51. The van der Waals surface area contributed by atoms with E-state index in [-0.39, 0.29) is 5.91 Å². The molecule has 1 fully saturated rings. The van der Waals surface area contributed by atoms with Gasteiger partial charge in [-0.25, -0.2) is 9.67 Å². The Bertz CT molecular complexity index is 1400. The SMILES string of the molecule is CCn1nc(-c2ccc(-n3cnc(C4CC4)c3)c(C)c2)nc1Nc1ccc2c(c1)CCNC2=O. The second kappa shape index (κ2) is 8.13. The smallest absolute Gasteiger partial charge is 0.251 e. The average molecular weight is 454 g/mol. The van der Waals surface area contributed by atoms with Gasteiger partial charge in [-0.2, -0.15) is 4.98 Å². The Morgan fingerprint density at radius 2 is 2.06 bits per heavy atom. The summed E-state index contributed by atoms with van der Waals surface area (Å²) < 4.78 is 3.97. The zero-order valence-corrected chi connectivity index (χ0v) is 19.4. The van der Waals surface area contributed by atoms with Gasteiger partial charge in [0.25, 0.3) is 5.91 Å². The summed E-state index contributed by atoms with van der Waals surface area (Å²) in [5.74, 6) is 2.00. The molecule has 3 heterocycles. The van der Waals surface area contributed by atoms with Crippen molar-refractivity contribution in [2.45, 2.75) is 45.6 Å². The lowest BCUT2D eigenvalue weighted by atomic mass is 10.00. The van der Waals surface area contributed by atoms with Gasteiger partial charge in [-0.3, -0.25) is 4.79 Å². The van der Waals surface area contributed by atoms with E-state index in [9.17, 15) is 4.79 Å². The van der Waals surface area contributed by atoms with Crippen LogP contribution in [0.4, 0.5) is 11.6 Å². The van der Waals surface area contributed by atoms with E-state index in [1.165, 1.54) is 18.5 Å². The van der Waals surface area contributed by atoms with Crippen LogP contribution in [-0.4, -0.2) is 36.8 Å². The normalized spacial score (nSPS) is 15.2. The Morgan fingerprint density at radius 3 is 2.85 bits per heavy atom. The molecule has 2 aromatic carbocycles. The van der Waals surface area contributed by atoms with E-state index in [0.29, 0.717) is 30.8 Å². The number of aromatic nitrogens is 5. The maximum Gasteiger partial charge on any atom is 0.251 e. The summed E-state index contributed by atoms with van der Waals surface area (Å²) >= 11 is 0. The second-order valence-corrected chi connectivity index (χ2v) is 9.06. The molecule has 1 aliphatic carbocycles. The van der Waals surface area contributed by atoms with E-state index in [1.807, 2.05) is 36.1 Å². The lowest BCUT2D eigenvalue weighted by molar-refractivity contribution is 0.0946. The van der Waals surface area contributed by atoms with Crippen molar-refractivity contribution in [3.05, 3.63) is 71.3 Å². The van der Waals surface area contributed by atoms with Crippen LogP contribution in [0.3, 0.4) is 0 Å². The minimum atomic E-state index is -0.00918. The third kappa shape index (κ3) is 3.75. The highest BCUT2D eigenvalue weighted by Crippen LogP contribution is 2.39. The summed E-state index contributed by atoms with van der Waals surface area (Å²) in [5, 5.41) is 11.0. The number of benzene rings is 2. The first-order valence-electron chi connectivity index (χ1n) is 11.9. The number of fused-ring (bicyclic) bond motifs is 1. The number of rotatable bonds is 6. The number of imidazole rings is 1. The molecule has 0 bridgehead atoms. The summed E-state index contributed by atoms with van der Waals surface area (Å²) in [6, 6.07) is 12.1. The topological polar surface area (TPSA) is 89.7 Å². The van der Waals surface area contributed by atoms with E-state index in [1.54, 1.807) is 0 Å². The van der Waals surface area contributed by atoms with E-state index in [2.05, 4.69) is 51.5 Å². The molecule has 1 amide bonds. The molecule has 0 unspecified atom stereocenters. The van der Waals surface area contributed by atoms with Crippen molar-refractivity contribution in [3.63, 3.8) is 0 Å². The largest absolute Gasteiger partial charge is 0.352 e. The third-order valence-corrected chi connectivity index (χ3v) is 6.59. The first-order chi connectivity index (χ1) is 16.6. The number of carbonyl (C=O) groups excluding carboxylic acids is 1. The molecule has 1 aliphatic heterocycles. The Labute approximate surface area is 198 Å². The summed E-state index contributed by atoms with van der Waals surface area (Å²) in [7, 11) is 0. The number of amides is 1. The van der Waals surface area contributed by atoms with Crippen LogP contribution in [0.15, 0.2) is 48.9 Å². The molecule has 8 nitrogen and oxygen atoms in total. The zero-order valence-electron chi connectivity index (χ0n) is 19.4. The average Bonchev–Trinajstić information content (AvgIpc) is 3.43. The maximum absolute atomic E-state index is 12.0. The van der Waals surface area contributed by atoms with Crippen molar-refractivity contribution >= 4 is 17.5 Å². The molecule has 0 spiro atoms. The Hall–Kier alpha value is -3.94. The van der Waals surface area contributed by atoms with Crippen LogP contribution in [0.5, 0.6) is 0 Å². The number of hydrogen-bond donors (Lipinski definition) is 2. The molecule has 0 atom stereocenters. The predicted molar refractivity (Wildman–Crippen MR) is 131 cm³/mol. The first-order valence-corrected chi connectivity index (χ1v) is 11.9. The van der Waals surface area contributed by atoms with Gasteiger partial charge in [0, 0.05) is 47.7 Å². The number of aryl methyl sites for hydroxylation is 2. The van der Waals surface area contributed by atoms with Gasteiger partial charge in [0.1, 0.15) is 0 Å². The van der Waals surface area contributed by atoms with Crippen LogP contribution in [0.2, 0.25) is 0 Å². The molecule has 0 radical (unpaired) electrons. The molecule has 2 aliphatic rings. The highest BCUT2D eigenvalue weighted by molar-refractivity contribution is 5.97. The van der Waals surface area contributed by atoms with Crippen molar-refractivity contribution < 1.29 is 4.79 Å². The Morgan fingerprint density at radius 1 is 1.18 bits per heavy atom. The molecule has 6 rings (SSSR count). The van der Waals surface area contributed by atoms with Crippen molar-refractivity contribution in [3.8, 4) is 17.1 Å². The van der Waals surface area contributed by atoms with Gasteiger partial charge < -0.3 is 15.2 Å². The number of nitrogens with one attached hydrogen (secondary N) is 2. The maximum atomic E-state index is 12.0. The van der Waals surface area contributed by atoms with Crippen LogP contribution >= 0.6 is 0 Å². The fourth-order valence-electron chi connectivity index (χ4n) is 4.56. The molecule has 172 valence electrons. The summed E-state index contributed by atoms with van der Waals surface area (Å²) in [6.07, 6.45) is 7.38. The van der Waals surface area contributed by atoms with Crippen molar-refractivity contribution in [1.82, 2.24) is 29.6 Å². The molecule has 2 N–H and O–H groups in total. The fourth-order valence-corrected chi connectivity index (χ4v) is 4.56. The monoisotopic (exact) mass is 453 g/mol. The lowest BCUT2D eigenvalue weighted by Gasteiger charge is -2.17. The van der Waals surface area contributed by atoms with Gasteiger partial charge in [0.2, 0.25) is 5.95 Å². The number of hydrogen-bond acceptors (Lipinski definition) is 5. The Balaban J connectivity index is 1.27. The number of anilines is 2.